The van der Waals surface area contributed by atoms with E-state index in [0.29, 0.717) is 0 Å². The first-order valence-electron chi connectivity index (χ1n) is 4.49. The predicted molar refractivity (Wildman–Crippen MR) is 59.0 cm³/mol. The van der Waals surface area contributed by atoms with Crippen molar-refractivity contribution in [2.24, 2.45) is 0 Å². The largest absolute Gasteiger partial charge is 0.448 e. The molecule has 0 fully saturated rings. The van der Waals surface area contributed by atoms with Gasteiger partial charge in [0.1, 0.15) is 11.5 Å². The summed E-state index contributed by atoms with van der Waals surface area (Å²) in [7, 11) is 0. The lowest BCUT2D eigenvalue weighted by Crippen LogP contribution is -1.83. The molecule has 0 unspecified atom stereocenters. The lowest BCUT2D eigenvalue weighted by atomic mass is 10.1. The molecule has 1 aromatic carbocycles. The standard InChI is InChI=1S/C11H10BrNO/c1-2-10-11(13-7-14-10)8-3-5-9(12)6-4-8/h3-7H,2H2,1H3. The van der Waals surface area contributed by atoms with Gasteiger partial charge in [-0.15, -0.1) is 0 Å². The summed E-state index contributed by atoms with van der Waals surface area (Å²) in [6.07, 6.45) is 2.36. The zero-order valence-corrected chi connectivity index (χ0v) is 9.41. The highest BCUT2D eigenvalue weighted by atomic mass is 79.9. The van der Waals surface area contributed by atoms with E-state index in [1.165, 1.54) is 6.39 Å². The van der Waals surface area contributed by atoms with Gasteiger partial charge in [0.2, 0.25) is 0 Å². The molecule has 0 amide bonds. The molecule has 0 atom stereocenters. The van der Waals surface area contributed by atoms with Crippen molar-refractivity contribution in [1.82, 2.24) is 4.98 Å². The maximum Gasteiger partial charge on any atom is 0.181 e. The van der Waals surface area contributed by atoms with Crippen LogP contribution in [-0.4, -0.2) is 4.98 Å². The molecule has 72 valence electrons. The Labute approximate surface area is 91.1 Å². The van der Waals surface area contributed by atoms with Crippen LogP contribution in [0.25, 0.3) is 11.3 Å². The molecule has 0 saturated heterocycles. The van der Waals surface area contributed by atoms with Crippen molar-refractivity contribution in [1.29, 1.82) is 0 Å². The number of rotatable bonds is 2. The summed E-state index contributed by atoms with van der Waals surface area (Å²) < 4.78 is 6.35. The van der Waals surface area contributed by atoms with Crippen LogP contribution in [0.4, 0.5) is 0 Å². The monoisotopic (exact) mass is 251 g/mol. The maximum atomic E-state index is 5.28. The molecule has 14 heavy (non-hydrogen) atoms. The molecule has 0 radical (unpaired) electrons. The van der Waals surface area contributed by atoms with Gasteiger partial charge in [-0.05, 0) is 12.1 Å². The first-order valence-corrected chi connectivity index (χ1v) is 5.29. The molecule has 1 aromatic heterocycles. The van der Waals surface area contributed by atoms with Crippen LogP contribution in [0.5, 0.6) is 0 Å². The van der Waals surface area contributed by atoms with E-state index in [2.05, 4.69) is 27.8 Å². The van der Waals surface area contributed by atoms with Gasteiger partial charge in [-0.1, -0.05) is 35.0 Å². The summed E-state index contributed by atoms with van der Waals surface area (Å²) in [5, 5.41) is 0. The Morgan fingerprint density at radius 2 is 2.00 bits per heavy atom. The summed E-state index contributed by atoms with van der Waals surface area (Å²) in [5.74, 6) is 0.937. The van der Waals surface area contributed by atoms with E-state index in [9.17, 15) is 0 Å². The molecule has 0 bridgehead atoms. The normalized spacial score (nSPS) is 10.4. The van der Waals surface area contributed by atoms with Crippen molar-refractivity contribution in [3.8, 4) is 11.3 Å². The van der Waals surface area contributed by atoms with Crippen LogP contribution >= 0.6 is 15.9 Å². The number of aromatic nitrogens is 1. The number of aryl methyl sites for hydroxylation is 1. The van der Waals surface area contributed by atoms with E-state index in [1.54, 1.807) is 0 Å². The number of nitrogens with zero attached hydrogens (tertiary/aromatic N) is 1. The second-order valence-corrected chi connectivity index (χ2v) is 3.90. The van der Waals surface area contributed by atoms with Crippen LogP contribution in [0.2, 0.25) is 0 Å². The highest BCUT2D eigenvalue weighted by Gasteiger charge is 2.07. The fraction of sp³-hybridized carbons (Fsp3) is 0.182. The van der Waals surface area contributed by atoms with E-state index in [-0.39, 0.29) is 0 Å². The van der Waals surface area contributed by atoms with Crippen LogP contribution in [0, 0.1) is 0 Å². The van der Waals surface area contributed by atoms with E-state index in [4.69, 9.17) is 4.42 Å². The average molecular weight is 252 g/mol. The maximum absolute atomic E-state index is 5.28. The Balaban J connectivity index is 2.44. The molecule has 2 nitrogen and oxygen atoms in total. The van der Waals surface area contributed by atoms with Gasteiger partial charge >= 0.3 is 0 Å². The van der Waals surface area contributed by atoms with Crippen molar-refractivity contribution >= 4 is 15.9 Å². The van der Waals surface area contributed by atoms with Gasteiger partial charge in [0.05, 0.1) is 0 Å². The van der Waals surface area contributed by atoms with Crippen molar-refractivity contribution in [2.45, 2.75) is 13.3 Å². The molecule has 0 spiro atoms. The van der Waals surface area contributed by atoms with Gasteiger partial charge in [0.15, 0.2) is 6.39 Å². The van der Waals surface area contributed by atoms with E-state index >= 15 is 0 Å². The van der Waals surface area contributed by atoms with E-state index in [1.807, 2.05) is 24.3 Å². The number of hydrogen-bond acceptors (Lipinski definition) is 2. The van der Waals surface area contributed by atoms with E-state index < -0.39 is 0 Å². The number of benzene rings is 1. The number of hydrogen-bond donors (Lipinski definition) is 0. The van der Waals surface area contributed by atoms with Crippen molar-refractivity contribution < 1.29 is 4.42 Å². The summed E-state index contributed by atoms with van der Waals surface area (Å²) in [5.41, 5.74) is 2.04. The minimum atomic E-state index is 0.866. The third-order valence-corrected chi connectivity index (χ3v) is 2.61. The molecule has 3 heteroatoms. The molecule has 2 rings (SSSR count). The fourth-order valence-corrected chi connectivity index (χ4v) is 1.63. The highest BCUT2D eigenvalue weighted by Crippen LogP contribution is 2.23. The smallest absolute Gasteiger partial charge is 0.181 e. The molecule has 0 N–H and O–H groups in total. The Hall–Kier alpha value is -1.09. The van der Waals surface area contributed by atoms with Crippen molar-refractivity contribution in [2.75, 3.05) is 0 Å². The average Bonchev–Trinajstić information content (AvgIpc) is 2.67. The second-order valence-electron chi connectivity index (χ2n) is 2.98. The SMILES string of the molecule is CCc1ocnc1-c1ccc(Br)cc1. The van der Waals surface area contributed by atoms with Crippen LogP contribution in [-0.2, 0) is 6.42 Å². The highest BCUT2D eigenvalue weighted by molar-refractivity contribution is 9.10. The Kier molecular flexibility index (Phi) is 2.68. The topological polar surface area (TPSA) is 26.0 Å². The zero-order valence-electron chi connectivity index (χ0n) is 7.83. The van der Waals surface area contributed by atoms with Gasteiger partial charge in [-0.3, -0.25) is 0 Å². The zero-order chi connectivity index (χ0) is 9.97. The van der Waals surface area contributed by atoms with Crippen molar-refractivity contribution in [3.63, 3.8) is 0 Å². The first-order chi connectivity index (χ1) is 6.81. The van der Waals surface area contributed by atoms with Gasteiger partial charge in [0.25, 0.3) is 0 Å². The summed E-state index contributed by atoms with van der Waals surface area (Å²) in [4.78, 5) is 4.20. The molecular weight excluding hydrogens is 242 g/mol. The summed E-state index contributed by atoms with van der Waals surface area (Å²) >= 11 is 3.40. The number of halogens is 1. The third kappa shape index (κ3) is 1.73. The van der Waals surface area contributed by atoms with Gasteiger partial charge in [-0.25, -0.2) is 4.98 Å². The molecule has 0 saturated carbocycles. The van der Waals surface area contributed by atoms with E-state index in [0.717, 1.165) is 27.9 Å². The van der Waals surface area contributed by atoms with Crippen molar-refractivity contribution in [3.05, 3.63) is 40.9 Å². The Morgan fingerprint density at radius 1 is 1.29 bits per heavy atom. The van der Waals surface area contributed by atoms with Crippen LogP contribution in [0.1, 0.15) is 12.7 Å². The van der Waals surface area contributed by atoms with Crippen LogP contribution < -0.4 is 0 Å². The second kappa shape index (κ2) is 3.96. The van der Waals surface area contributed by atoms with Gasteiger partial charge in [-0.2, -0.15) is 0 Å². The third-order valence-electron chi connectivity index (χ3n) is 2.08. The molecular formula is C11H10BrNO. The Morgan fingerprint density at radius 3 is 2.64 bits per heavy atom. The lowest BCUT2D eigenvalue weighted by Gasteiger charge is -1.98. The minimum absolute atomic E-state index is 0.866. The minimum Gasteiger partial charge on any atom is -0.448 e. The molecule has 0 aliphatic heterocycles. The van der Waals surface area contributed by atoms with Gasteiger partial charge in [0, 0.05) is 16.5 Å². The molecule has 1 heterocycles. The molecule has 0 aliphatic rings. The molecule has 2 aromatic rings. The van der Waals surface area contributed by atoms with Crippen LogP contribution in [0.15, 0.2) is 39.5 Å². The summed E-state index contributed by atoms with van der Waals surface area (Å²) in [6.45, 7) is 2.06. The predicted octanol–water partition coefficient (Wildman–Crippen LogP) is 3.67. The summed E-state index contributed by atoms with van der Waals surface area (Å²) in [6, 6.07) is 8.06. The first kappa shape index (κ1) is 9.46. The number of oxazole rings is 1. The van der Waals surface area contributed by atoms with Crippen LogP contribution in [0.3, 0.4) is 0 Å². The molecule has 0 aliphatic carbocycles. The fourth-order valence-electron chi connectivity index (χ4n) is 1.36. The lowest BCUT2D eigenvalue weighted by molar-refractivity contribution is 0.510. The Bertz CT molecular complexity index is 419. The quantitative estimate of drug-likeness (QED) is 0.815. The van der Waals surface area contributed by atoms with Gasteiger partial charge < -0.3 is 4.42 Å².